The second-order valence-electron chi connectivity index (χ2n) is 4.47. The van der Waals surface area contributed by atoms with Crippen LogP contribution in [0.25, 0.3) is 0 Å². The molecule has 2 atom stereocenters. The Labute approximate surface area is 103 Å². The minimum atomic E-state index is 0.337. The number of ether oxygens (including phenoxy) is 2. The van der Waals surface area contributed by atoms with E-state index in [9.17, 15) is 0 Å². The summed E-state index contributed by atoms with van der Waals surface area (Å²) in [6.07, 6.45) is 1.13. The molecular weight excluding hydrogens is 214 g/mol. The van der Waals surface area contributed by atoms with Gasteiger partial charge in [-0.25, -0.2) is 0 Å². The maximum absolute atomic E-state index is 5.72. The van der Waals surface area contributed by atoms with E-state index in [1.807, 2.05) is 12.1 Å². The van der Waals surface area contributed by atoms with Gasteiger partial charge >= 0.3 is 0 Å². The Morgan fingerprint density at radius 3 is 3.06 bits per heavy atom. The lowest BCUT2D eigenvalue weighted by Crippen LogP contribution is -2.39. The summed E-state index contributed by atoms with van der Waals surface area (Å²) < 4.78 is 11.0. The number of rotatable bonds is 6. The van der Waals surface area contributed by atoms with E-state index in [0.717, 1.165) is 31.9 Å². The molecule has 2 rings (SSSR count). The van der Waals surface area contributed by atoms with E-state index < -0.39 is 0 Å². The first kappa shape index (κ1) is 12.4. The van der Waals surface area contributed by atoms with Gasteiger partial charge in [0.15, 0.2) is 0 Å². The summed E-state index contributed by atoms with van der Waals surface area (Å²) in [6.45, 7) is 4.68. The molecule has 2 unspecified atom stereocenters. The Balaban J connectivity index is 2.09. The predicted octanol–water partition coefficient (Wildman–Crippen LogP) is 2.18. The number of hydrogen-bond acceptors (Lipinski definition) is 3. The van der Waals surface area contributed by atoms with Crippen LogP contribution in [0.5, 0.6) is 5.75 Å². The summed E-state index contributed by atoms with van der Waals surface area (Å²) in [7, 11) is 1.75. The molecule has 0 saturated heterocycles. The van der Waals surface area contributed by atoms with Crippen molar-refractivity contribution in [2.45, 2.75) is 25.3 Å². The first-order chi connectivity index (χ1) is 8.36. The van der Waals surface area contributed by atoms with Gasteiger partial charge in [0, 0.05) is 24.6 Å². The number of hydrogen-bond donors (Lipinski definition) is 1. The van der Waals surface area contributed by atoms with Crippen molar-refractivity contribution < 1.29 is 9.47 Å². The molecule has 1 aromatic carbocycles. The number of methoxy groups -OCH3 is 1. The first-order valence-corrected chi connectivity index (χ1v) is 6.30. The van der Waals surface area contributed by atoms with Crippen LogP contribution in [0, 0.1) is 0 Å². The maximum Gasteiger partial charge on any atom is 0.122 e. The Hall–Kier alpha value is -1.06. The van der Waals surface area contributed by atoms with Crippen LogP contribution in [0.4, 0.5) is 0 Å². The average Bonchev–Trinajstić information content (AvgIpc) is 2.78. The molecule has 3 heteroatoms. The number of fused-ring (bicyclic) bond motifs is 1. The van der Waals surface area contributed by atoms with E-state index in [1.165, 1.54) is 5.56 Å². The summed E-state index contributed by atoms with van der Waals surface area (Å²) in [5.41, 5.74) is 1.30. The summed E-state index contributed by atoms with van der Waals surface area (Å²) in [5.74, 6) is 1.43. The molecule has 1 heterocycles. The van der Waals surface area contributed by atoms with E-state index >= 15 is 0 Å². The standard InChI is InChI=1S/C14H21NO2/c1-3-8-15-13(10-16-2)12-9-17-14-7-5-4-6-11(12)14/h4-7,12-13,15H,3,8-10H2,1-2H3. The van der Waals surface area contributed by atoms with Crippen molar-refractivity contribution in [2.75, 3.05) is 26.9 Å². The van der Waals surface area contributed by atoms with Gasteiger partial charge in [-0.2, -0.15) is 0 Å². The van der Waals surface area contributed by atoms with Crippen molar-refractivity contribution in [3.05, 3.63) is 29.8 Å². The summed E-state index contributed by atoms with van der Waals surface area (Å²) in [4.78, 5) is 0. The third-order valence-electron chi connectivity index (χ3n) is 3.23. The Morgan fingerprint density at radius 2 is 2.29 bits per heavy atom. The van der Waals surface area contributed by atoms with Crippen molar-refractivity contribution in [1.82, 2.24) is 5.32 Å². The molecule has 1 aliphatic heterocycles. The van der Waals surface area contributed by atoms with Gasteiger partial charge < -0.3 is 14.8 Å². The van der Waals surface area contributed by atoms with Gasteiger partial charge in [0.25, 0.3) is 0 Å². The van der Waals surface area contributed by atoms with Gasteiger partial charge in [-0.3, -0.25) is 0 Å². The van der Waals surface area contributed by atoms with Crippen LogP contribution in [0.2, 0.25) is 0 Å². The second-order valence-corrected chi connectivity index (χ2v) is 4.47. The van der Waals surface area contributed by atoms with Crippen LogP contribution >= 0.6 is 0 Å². The van der Waals surface area contributed by atoms with Crippen LogP contribution in [0.1, 0.15) is 24.8 Å². The van der Waals surface area contributed by atoms with Crippen molar-refractivity contribution in [2.24, 2.45) is 0 Å². The molecule has 17 heavy (non-hydrogen) atoms. The van der Waals surface area contributed by atoms with E-state index in [1.54, 1.807) is 7.11 Å². The fraction of sp³-hybridized carbons (Fsp3) is 0.571. The van der Waals surface area contributed by atoms with Crippen molar-refractivity contribution in [3.63, 3.8) is 0 Å². The lowest BCUT2D eigenvalue weighted by atomic mass is 9.93. The monoisotopic (exact) mass is 235 g/mol. The van der Waals surface area contributed by atoms with Crippen LogP contribution < -0.4 is 10.1 Å². The summed E-state index contributed by atoms with van der Waals surface area (Å²) in [6, 6.07) is 8.63. The quantitative estimate of drug-likeness (QED) is 0.819. The fourth-order valence-electron chi connectivity index (χ4n) is 2.35. The molecule has 1 N–H and O–H groups in total. The topological polar surface area (TPSA) is 30.5 Å². The lowest BCUT2D eigenvalue weighted by Gasteiger charge is -2.23. The molecule has 0 amide bonds. The van der Waals surface area contributed by atoms with E-state index in [4.69, 9.17) is 9.47 Å². The van der Waals surface area contributed by atoms with Crippen LogP contribution in [0.3, 0.4) is 0 Å². The van der Waals surface area contributed by atoms with Crippen molar-refractivity contribution >= 4 is 0 Å². The van der Waals surface area contributed by atoms with Crippen LogP contribution in [0.15, 0.2) is 24.3 Å². The Kier molecular flexibility index (Phi) is 4.40. The predicted molar refractivity (Wildman–Crippen MR) is 68.6 cm³/mol. The number of nitrogens with one attached hydrogen (secondary N) is 1. The molecule has 0 spiro atoms. The van der Waals surface area contributed by atoms with Crippen molar-refractivity contribution in [1.29, 1.82) is 0 Å². The third kappa shape index (κ3) is 2.79. The molecule has 0 saturated carbocycles. The molecule has 0 aromatic heterocycles. The van der Waals surface area contributed by atoms with Crippen molar-refractivity contribution in [3.8, 4) is 5.75 Å². The lowest BCUT2D eigenvalue weighted by molar-refractivity contribution is 0.148. The minimum Gasteiger partial charge on any atom is -0.493 e. The molecule has 3 nitrogen and oxygen atoms in total. The third-order valence-corrected chi connectivity index (χ3v) is 3.23. The van der Waals surface area contributed by atoms with Crippen LogP contribution in [-0.4, -0.2) is 32.9 Å². The highest BCUT2D eigenvalue weighted by Crippen LogP contribution is 2.35. The molecule has 1 aliphatic rings. The highest BCUT2D eigenvalue weighted by molar-refractivity contribution is 5.40. The second kappa shape index (κ2) is 6.03. The zero-order valence-corrected chi connectivity index (χ0v) is 10.6. The van der Waals surface area contributed by atoms with Gasteiger partial charge in [-0.15, -0.1) is 0 Å². The van der Waals surface area contributed by atoms with Gasteiger partial charge in [0.05, 0.1) is 13.2 Å². The highest BCUT2D eigenvalue weighted by atomic mass is 16.5. The van der Waals surface area contributed by atoms with E-state index in [-0.39, 0.29) is 0 Å². The number of para-hydroxylation sites is 1. The van der Waals surface area contributed by atoms with Gasteiger partial charge in [0.2, 0.25) is 0 Å². The zero-order chi connectivity index (χ0) is 12.1. The fourth-order valence-corrected chi connectivity index (χ4v) is 2.35. The molecule has 0 bridgehead atoms. The first-order valence-electron chi connectivity index (χ1n) is 6.30. The van der Waals surface area contributed by atoms with E-state index in [0.29, 0.717) is 12.0 Å². The van der Waals surface area contributed by atoms with Gasteiger partial charge in [-0.05, 0) is 19.0 Å². The highest BCUT2D eigenvalue weighted by Gasteiger charge is 2.30. The smallest absolute Gasteiger partial charge is 0.122 e. The Morgan fingerprint density at radius 1 is 1.47 bits per heavy atom. The maximum atomic E-state index is 5.72. The SMILES string of the molecule is CCCNC(COC)C1COc2ccccc21. The molecule has 1 aromatic rings. The Bertz CT molecular complexity index is 354. The molecule has 0 fully saturated rings. The largest absolute Gasteiger partial charge is 0.493 e. The molecule has 0 radical (unpaired) electrons. The summed E-state index contributed by atoms with van der Waals surface area (Å²) in [5, 5.41) is 3.55. The molecule has 0 aliphatic carbocycles. The van der Waals surface area contributed by atoms with Crippen LogP contribution in [-0.2, 0) is 4.74 Å². The van der Waals surface area contributed by atoms with Gasteiger partial charge in [0.1, 0.15) is 5.75 Å². The van der Waals surface area contributed by atoms with E-state index in [2.05, 4.69) is 24.4 Å². The normalized spacial score (nSPS) is 19.8. The number of benzene rings is 1. The summed E-state index contributed by atoms with van der Waals surface area (Å²) >= 11 is 0. The average molecular weight is 235 g/mol. The minimum absolute atomic E-state index is 0.337. The zero-order valence-electron chi connectivity index (χ0n) is 10.6. The van der Waals surface area contributed by atoms with Gasteiger partial charge in [-0.1, -0.05) is 25.1 Å². The molecule has 94 valence electrons. The molecular formula is C14H21NO2.